The van der Waals surface area contributed by atoms with Gasteiger partial charge >= 0.3 is 6.18 Å². The van der Waals surface area contributed by atoms with Gasteiger partial charge in [-0.15, -0.1) is 0 Å². The van der Waals surface area contributed by atoms with Gasteiger partial charge in [-0.05, 0) is 44.4 Å². The Hall–Kier alpha value is -2.96. The van der Waals surface area contributed by atoms with Crippen molar-refractivity contribution >= 4 is 28.2 Å². The molecule has 0 spiro atoms. The monoisotopic (exact) mass is 609 g/mol. The Kier molecular flexibility index (Phi) is 6.67. The number of rotatable bonds is 5. The quantitative estimate of drug-likeness (QED) is 0.359. The molecule has 4 atom stereocenters. The lowest BCUT2D eigenvalue weighted by Crippen LogP contribution is -2.51. The van der Waals surface area contributed by atoms with Gasteiger partial charge in [0.1, 0.15) is 29.7 Å². The van der Waals surface area contributed by atoms with E-state index in [4.69, 9.17) is 16.3 Å². The second-order valence-corrected chi connectivity index (χ2v) is 12.3. The largest absolute Gasteiger partial charge is 0.508 e. The van der Waals surface area contributed by atoms with Gasteiger partial charge in [0.05, 0.1) is 21.8 Å². The van der Waals surface area contributed by atoms with Gasteiger partial charge in [-0.1, -0.05) is 11.6 Å². The second kappa shape index (κ2) is 10.1. The number of hydrogen-bond donors (Lipinski definition) is 2. The average Bonchev–Trinajstić information content (AvgIpc) is 3.56. The molecule has 0 aliphatic carbocycles. The zero-order chi connectivity index (χ0) is 29.4. The SMILES string of the molecule is Oc1cc(Cl)c(C(F)(F)F)c(-c2ncc3c(N4CC5CCC(C4)N5)cc(OCC45CCCN4C[C@@H](F)C5)nc3c2F)c1. The lowest BCUT2D eigenvalue weighted by Gasteiger charge is -2.35. The van der Waals surface area contributed by atoms with E-state index in [1.807, 2.05) is 0 Å². The number of piperazine rings is 1. The highest BCUT2D eigenvalue weighted by Crippen LogP contribution is 2.45. The number of aromatic hydroxyl groups is 1. The van der Waals surface area contributed by atoms with Crippen molar-refractivity contribution in [3.63, 3.8) is 0 Å². The average molecular weight is 610 g/mol. The molecular formula is C29H29ClF5N5O2. The first-order chi connectivity index (χ1) is 20.0. The minimum atomic E-state index is -4.94. The Morgan fingerprint density at radius 1 is 1.14 bits per heavy atom. The molecule has 7 nitrogen and oxygen atoms in total. The van der Waals surface area contributed by atoms with Crippen molar-refractivity contribution in [2.45, 2.75) is 62.1 Å². The third-order valence-electron chi connectivity index (χ3n) is 9.17. The lowest BCUT2D eigenvalue weighted by atomic mass is 9.95. The van der Waals surface area contributed by atoms with Crippen molar-refractivity contribution in [3.8, 4) is 22.9 Å². The van der Waals surface area contributed by atoms with Gasteiger partial charge in [0, 0.05) is 61.4 Å². The smallest absolute Gasteiger partial charge is 0.418 e. The van der Waals surface area contributed by atoms with E-state index in [1.54, 1.807) is 6.07 Å². The van der Waals surface area contributed by atoms with Crippen LogP contribution in [0.5, 0.6) is 11.6 Å². The van der Waals surface area contributed by atoms with Gasteiger partial charge in [0.25, 0.3) is 0 Å². The number of alkyl halides is 4. The van der Waals surface area contributed by atoms with E-state index >= 15 is 4.39 Å². The summed E-state index contributed by atoms with van der Waals surface area (Å²) in [6.07, 6.45) is -0.525. The first-order valence-electron chi connectivity index (χ1n) is 14.1. The van der Waals surface area contributed by atoms with Crippen molar-refractivity contribution in [1.29, 1.82) is 0 Å². The van der Waals surface area contributed by atoms with Crippen molar-refractivity contribution in [1.82, 2.24) is 20.2 Å². The van der Waals surface area contributed by atoms with Gasteiger partial charge in [-0.3, -0.25) is 9.88 Å². The van der Waals surface area contributed by atoms with Crippen LogP contribution in [0.2, 0.25) is 5.02 Å². The molecule has 7 rings (SSSR count). The molecule has 0 saturated carbocycles. The van der Waals surface area contributed by atoms with Crippen LogP contribution in [0.15, 0.2) is 24.4 Å². The number of hydrogen-bond acceptors (Lipinski definition) is 7. The first kappa shape index (κ1) is 27.8. The number of aromatic nitrogens is 2. The molecule has 4 saturated heterocycles. The highest BCUT2D eigenvalue weighted by molar-refractivity contribution is 6.32. The molecule has 4 aliphatic heterocycles. The maximum absolute atomic E-state index is 16.3. The maximum atomic E-state index is 16.3. The molecule has 0 radical (unpaired) electrons. The molecule has 42 heavy (non-hydrogen) atoms. The van der Waals surface area contributed by atoms with E-state index in [-0.39, 0.29) is 30.1 Å². The number of halogens is 6. The predicted molar refractivity (Wildman–Crippen MR) is 147 cm³/mol. The van der Waals surface area contributed by atoms with Crippen LogP contribution in [-0.4, -0.2) is 76.6 Å². The summed E-state index contributed by atoms with van der Waals surface area (Å²) in [5, 5.41) is 13.2. The fourth-order valence-electron chi connectivity index (χ4n) is 7.35. The molecule has 6 heterocycles. The van der Waals surface area contributed by atoms with E-state index in [2.05, 4.69) is 25.1 Å². The highest BCUT2D eigenvalue weighted by atomic mass is 35.5. The van der Waals surface area contributed by atoms with E-state index in [0.717, 1.165) is 44.4 Å². The molecule has 224 valence electrons. The van der Waals surface area contributed by atoms with Crippen molar-refractivity contribution in [2.75, 3.05) is 37.7 Å². The van der Waals surface area contributed by atoms with Crippen LogP contribution in [0, 0.1) is 5.82 Å². The van der Waals surface area contributed by atoms with Crippen LogP contribution in [0.4, 0.5) is 27.6 Å². The van der Waals surface area contributed by atoms with E-state index in [9.17, 15) is 22.7 Å². The highest BCUT2D eigenvalue weighted by Gasteiger charge is 2.49. The van der Waals surface area contributed by atoms with Crippen LogP contribution < -0.4 is 15.0 Å². The third kappa shape index (κ3) is 4.71. The van der Waals surface area contributed by atoms with Crippen LogP contribution >= 0.6 is 11.6 Å². The van der Waals surface area contributed by atoms with Crippen molar-refractivity contribution in [2.24, 2.45) is 0 Å². The molecule has 1 aromatic carbocycles. The van der Waals surface area contributed by atoms with Gasteiger partial charge in [-0.25, -0.2) is 13.8 Å². The van der Waals surface area contributed by atoms with Crippen LogP contribution in [0.1, 0.15) is 37.7 Å². The summed E-state index contributed by atoms with van der Waals surface area (Å²) in [5.74, 6) is -1.54. The molecule has 2 N–H and O–H groups in total. The normalized spacial score (nSPS) is 27.7. The van der Waals surface area contributed by atoms with Gasteiger partial charge < -0.3 is 20.1 Å². The summed E-state index contributed by atoms with van der Waals surface area (Å²) in [5.41, 5.74) is -2.69. The summed E-state index contributed by atoms with van der Waals surface area (Å²) >= 11 is 5.87. The Morgan fingerprint density at radius 3 is 2.64 bits per heavy atom. The van der Waals surface area contributed by atoms with Gasteiger partial charge in [0.15, 0.2) is 5.82 Å². The van der Waals surface area contributed by atoms with Crippen molar-refractivity contribution < 1.29 is 31.8 Å². The Labute approximate surface area is 243 Å². The lowest BCUT2D eigenvalue weighted by molar-refractivity contribution is -0.137. The third-order valence-corrected chi connectivity index (χ3v) is 9.47. The number of nitrogens with one attached hydrogen (secondary N) is 1. The number of ether oxygens (including phenoxy) is 1. The number of phenolic OH excluding ortho intramolecular Hbond substituents is 1. The number of phenols is 1. The molecule has 3 aromatic rings. The van der Waals surface area contributed by atoms with E-state index < -0.39 is 51.3 Å². The maximum Gasteiger partial charge on any atom is 0.418 e. The predicted octanol–water partition coefficient (Wildman–Crippen LogP) is 5.71. The van der Waals surface area contributed by atoms with E-state index in [0.29, 0.717) is 37.1 Å². The molecular weight excluding hydrogens is 581 g/mol. The summed E-state index contributed by atoms with van der Waals surface area (Å²) in [7, 11) is 0. The number of fused-ring (bicyclic) bond motifs is 4. The molecule has 0 amide bonds. The Balaban J connectivity index is 1.35. The minimum absolute atomic E-state index is 0.105. The topological polar surface area (TPSA) is 73.8 Å². The molecule has 3 unspecified atom stereocenters. The Bertz CT molecular complexity index is 1550. The zero-order valence-electron chi connectivity index (χ0n) is 22.5. The zero-order valence-corrected chi connectivity index (χ0v) is 23.3. The molecule has 13 heteroatoms. The molecule has 4 aliphatic rings. The van der Waals surface area contributed by atoms with Gasteiger partial charge in [0.2, 0.25) is 5.88 Å². The molecule has 2 bridgehead atoms. The number of pyridine rings is 2. The summed E-state index contributed by atoms with van der Waals surface area (Å²) in [6.45, 7) is 2.60. The fourth-order valence-corrected chi connectivity index (χ4v) is 7.67. The van der Waals surface area contributed by atoms with Crippen LogP contribution in [0.3, 0.4) is 0 Å². The minimum Gasteiger partial charge on any atom is -0.508 e. The van der Waals surface area contributed by atoms with Crippen LogP contribution in [0.25, 0.3) is 22.2 Å². The molecule has 2 aromatic heterocycles. The summed E-state index contributed by atoms with van der Waals surface area (Å²) in [4.78, 5) is 12.7. The summed E-state index contributed by atoms with van der Waals surface area (Å²) in [6, 6.07) is 3.77. The van der Waals surface area contributed by atoms with E-state index in [1.165, 1.54) is 6.20 Å². The standard InChI is InChI=1S/C29H29ClF5N5O2/c30-21-7-18(41)6-19(24(21)29(33,34)35)26-25(32)27-20(10-36-26)22(39-12-16-2-3-17(13-39)37-16)8-23(38-27)42-14-28-4-1-5-40(28)11-15(31)9-28/h6-8,10,15-17,37,41H,1-5,9,11-14H2/t15-,16?,17?,28?/m0/s1. The number of anilines is 1. The molecule has 4 fully saturated rings. The van der Waals surface area contributed by atoms with Gasteiger partial charge in [-0.2, -0.15) is 13.2 Å². The van der Waals surface area contributed by atoms with Crippen LogP contribution in [-0.2, 0) is 6.18 Å². The fraction of sp³-hybridized carbons (Fsp3) is 0.517. The summed E-state index contributed by atoms with van der Waals surface area (Å²) < 4.78 is 78.9. The Morgan fingerprint density at radius 2 is 1.90 bits per heavy atom. The number of nitrogens with zero attached hydrogens (tertiary/aromatic N) is 4. The number of benzene rings is 1. The first-order valence-corrected chi connectivity index (χ1v) is 14.5. The second-order valence-electron chi connectivity index (χ2n) is 11.9. The van der Waals surface area contributed by atoms with Crippen molar-refractivity contribution in [3.05, 3.63) is 40.8 Å².